The van der Waals surface area contributed by atoms with Crippen LogP contribution in [0, 0.1) is 12.8 Å². The van der Waals surface area contributed by atoms with E-state index in [-0.39, 0.29) is 15.8 Å². The summed E-state index contributed by atoms with van der Waals surface area (Å²) in [6, 6.07) is 15.1. The highest BCUT2D eigenvalue weighted by molar-refractivity contribution is 7.89. The molecule has 4 rings (SSSR count). The van der Waals surface area contributed by atoms with Gasteiger partial charge in [-0.3, -0.25) is 4.98 Å². The monoisotopic (exact) mass is 473 g/mol. The Bertz CT molecular complexity index is 1210. The van der Waals surface area contributed by atoms with Crippen LogP contribution in [0.25, 0.3) is 10.9 Å². The fraction of sp³-hybridized carbons (Fsp3) is 0.375. The zero-order valence-corrected chi connectivity index (χ0v) is 19.6. The first kappa shape index (κ1) is 23.0. The van der Waals surface area contributed by atoms with Crippen molar-refractivity contribution in [2.24, 2.45) is 11.1 Å². The minimum absolute atomic E-state index is 0.0213. The maximum atomic E-state index is 12.0. The number of benzene rings is 2. The molecule has 0 aliphatic carbocycles. The Hall–Kier alpha value is -2.19. The van der Waals surface area contributed by atoms with Gasteiger partial charge in [0.15, 0.2) is 0 Å². The molecule has 0 spiro atoms. The zero-order chi connectivity index (χ0) is 22.7. The molecule has 32 heavy (non-hydrogen) atoms. The summed E-state index contributed by atoms with van der Waals surface area (Å²) in [4.78, 5) is 4.55. The lowest BCUT2D eigenvalue weighted by atomic mass is 9.79. The molecule has 1 aromatic heterocycles. The van der Waals surface area contributed by atoms with Crippen molar-refractivity contribution in [2.75, 3.05) is 19.7 Å². The Kier molecular flexibility index (Phi) is 7.00. The minimum Gasteiger partial charge on any atom is -0.493 e. The third-order valence-electron chi connectivity index (χ3n) is 6.16. The molecule has 0 bridgehead atoms. The van der Waals surface area contributed by atoms with Crippen LogP contribution in [0.1, 0.15) is 36.4 Å². The van der Waals surface area contributed by atoms with Gasteiger partial charge in [0.2, 0.25) is 10.0 Å². The van der Waals surface area contributed by atoms with Crippen LogP contribution in [0.15, 0.2) is 53.4 Å². The van der Waals surface area contributed by atoms with Crippen LogP contribution in [0.3, 0.4) is 0 Å². The predicted octanol–water partition coefficient (Wildman–Crippen LogP) is 4.40. The highest BCUT2D eigenvalue weighted by Crippen LogP contribution is 2.36. The fourth-order valence-corrected chi connectivity index (χ4v) is 5.62. The number of rotatable bonds is 7. The van der Waals surface area contributed by atoms with E-state index in [0.717, 1.165) is 60.3 Å². The van der Waals surface area contributed by atoms with Crippen LogP contribution in [0.2, 0.25) is 5.02 Å². The van der Waals surface area contributed by atoms with Crippen LogP contribution in [0.5, 0.6) is 5.75 Å². The van der Waals surface area contributed by atoms with E-state index >= 15 is 0 Å². The smallest absolute Gasteiger partial charge is 0.239 e. The predicted molar refractivity (Wildman–Crippen MR) is 128 cm³/mol. The summed E-state index contributed by atoms with van der Waals surface area (Å²) in [6.07, 6.45) is 2.80. The van der Waals surface area contributed by atoms with E-state index in [1.807, 2.05) is 43.3 Å². The van der Waals surface area contributed by atoms with E-state index in [1.165, 1.54) is 0 Å². The van der Waals surface area contributed by atoms with Gasteiger partial charge in [-0.05, 0) is 93.1 Å². The Balaban J connectivity index is 1.57. The van der Waals surface area contributed by atoms with Gasteiger partial charge in [0.1, 0.15) is 10.6 Å². The van der Waals surface area contributed by atoms with Crippen molar-refractivity contribution in [3.05, 3.63) is 64.8 Å². The van der Waals surface area contributed by atoms with Crippen molar-refractivity contribution >= 4 is 32.5 Å². The van der Waals surface area contributed by atoms with E-state index in [4.69, 9.17) is 21.5 Å². The quantitative estimate of drug-likeness (QED) is 0.530. The summed E-state index contributed by atoms with van der Waals surface area (Å²) >= 11 is 6.12. The number of ether oxygens (including phenoxy) is 1. The maximum Gasteiger partial charge on any atom is 0.239 e. The van der Waals surface area contributed by atoms with Gasteiger partial charge in [-0.15, -0.1) is 0 Å². The zero-order valence-electron chi connectivity index (χ0n) is 18.1. The second kappa shape index (κ2) is 9.75. The molecule has 0 radical (unpaired) electrons. The molecule has 3 N–H and O–H groups in total. The van der Waals surface area contributed by atoms with Crippen molar-refractivity contribution in [3.63, 3.8) is 0 Å². The SMILES string of the molecule is Cc1ccc2c(OCCC(c3ccc(Cl)c(S(N)(=O)=O)c3)C3CCNCC3)cccc2n1. The van der Waals surface area contributed by atoms with E-state index < -0.39 is 10.0 Å². The molecule has 1 aliphatic rings. The lowest BCUT2D eigenvalue weighted by Crippen LogP contribution is -2.31. The number of aromatic nitrogens is 1. The molecular weight excluding hydrogens is 446 g/mol. The van der Waals surface area contributed by atoms with Gasteiger partial charge >= 0.3 is 0 Å². The molecule has 2 aromatic carbocycles. The average molecular weight is 474 g/mol. The number of pyridine rings is 1. The number of piperidine rings is 1. The molecule has 1 aliphatic heterocycles. The third kappa shape index (κ3) is 5.23. The van der Waals surface area contributed by atoms with Crippen LogP contribution in [0.4, 0.5) is 0 Å². The molecule has 1 atom stereocenters. The third-order valence-corrected chi connectivity index (χ3v) is 7.55. The number of nitrogens with two attached hydrogens (primary N) is 1. The Morgan fingerprint density at radius 3 is 2.72 bits per heavy atom. The van der Waals surface area contributed by atoms with Crippen LogP contribution < -0.4 is 15.2 Å². The van der Waals surface area contributed by atoms with Crippen molar-refractivity contribution in [2.45, 2.75) is 37.0 Å². The van der Waals surface area contributed by atoms with Crippen molar-refractivity contribution in [1.82, 2.24) is 10.3 Å². The van der Waals surface area contributed by atoms with E-state index in [0.29, 0.717) is 12.5 Å². The molecule has 1 fully saturated rings. The molecule has 1 unspecified atom stereocenters. The number of hydrogen-bond donors (Lipinski definition) is 2. The van der Waals surface area contributed by atoms with E-state index in [9.17, 15) is 8.42 Å². The van der Waals surface area contributed by atoms with E-state index in [1.54, 1.807) is 12.1 Å². The van der Waals surface area contributed by atoms with Crippen LogP contribution >= 0.6 is 11.6 Å². The number of fused-ring (bicyclic) bond motifs is 1. The highest BCUT2D eigenvalue weighted by Gasteiger charge is 2.27. The Labute approximate surface area is 194 Å². The second-order valence-corrected chi connectivity index (χ2v) is 10.3. The van der Waals surface area contributed by atoms with Gasteiger partial charge in [0.05, 0.1) is 17.1 Å². The molecule has 170 valence electrons. The number of sulfonamides is 1. The normalized spacial score (nSPS) is 16.2. The molecule has 0 amide bonds. The van der Waals surface area contributed by atoms with E-state index in [2.05, 4.69) is 10.3 Å². The standard InChI is InChI=1S/C24H28ClN3O3S/c1-16-5-7-20-22(28-16)3-2-4-23(20)31-14-11-19(17-9-12-27-13-10-17)18-6-8-21(25)24(15-18)32(26,29)30/h2-8,15,17,19,27H,9-14H2,1H3,(H2,26,29,30). The summed E-state index contributed by atoms with van der Waals surface area (Å²) in [5.41, 5.74) is 2.81. The number of nitrogens with one attached hydrogen (secondary N) is 1. The largest absolute Gasteiger partial charge is 0.493 e. The summed E-state index contributed by atoms with van der Waals surface area (Å²) < 4.78 is 30.2. The van der Waals surface area contributed by atoms with Gasteiger partial charge < -0.3 is 10.1 Å². The summed E-state index contributed by atoms with van der Waals surface area (Å²) in [7, 11) is -3.89. The topological polar surface area (TPSA) is 94.3 Å². The molecule has 6 nitrogen and oxygen atoms in total. The number of nitrogens with zero attached hydrogens (tertiary/aromatic N) is 1. The van der Waals surface area contributed by atoms with Gasteiger partial charge in [-0.1, -0.05) is 23.7 Å². The molecule has 3 aromatic rings. The van der Waals surface area contributed by atoms with Crippen molar-refractivity contribution in [1.29, 1.82) is 0 Å². The number of hydrogen-bond acceptors (Lipinski definition) is 5. The first-order valence-electron chi connectivity index (χ1n) is 10.8. The Morgan fingerprint density at radius 1 is 1.19 bits per heavy atom. The minimum atomic E-state index is -3.89. The van der Waals surface area contributed by atoms with Crippen molar-refractivity contribution < 1.29 is 13.2 Å². The highest BCUT2D eigenvalue weighted by atomic mass is 35.5. The average Bonchev–Trinajstić information content (AvgIpc) is 2.77. The molecule has 1 saturated heterocycles. The van der Waals surface area contributed by atoms with Gasteiger partial charge in [0, 0.05) is 11.1 Å². The lowest BCUT2D eigenvalue weighted by molar-refractivity contribution is 0.249. The number of primary sulfonamides is 1. The number of halogens is 1. The van der Waals surface area contributed by atoms with Crippen LogP contribution in [-0.2, 0) is 10.0 Å². The molecule has 2 heterocycles. The second-order valence-electron chi connectivity index (χ2n) is 8.34. The first-order chi connectivity index (χ1) is 15.3. The molecule has 8 heteroatoms. The summed E-state index contributed by atoms with van der Waals surface area (Å²) in [5, 5.41) is 9.92. The van der Waals surface area contributed by atoms with Crippen LogP contribution in [-0.4, -0.2) is 33.1 Å². The summed E-state index contributed by atoms with van der Waals surface area (Å²) in [6.45, 7) is 4.38. The molecule has 0 saturated carbocycles. The van der Waals surface area contributed by atoms with Gasteiger partial charge in [0.25, 0.3) is 0 Å². The maximum absolute atomic E-state index is 12.0. The fourth-order valence-electron chi connectivity index (χ4n) is 4.54. The van der Waals surface area contributed by atoms with Gasteiger partial charge in [-0.25, -0.2) is 13.6 Å². The molecular formula is C24H28ClN3O3S. The number of aryl methyl sites for hydroxylation is 1. The first-order valence-corrected chi connectivity index (χ1v) is 12.8. The Morgan fingerprint density at radius 2 is 1.97 bits per heavy atom. The lowest BCUT2D eigenvalue weighted by Gasteiger charge is -2.31. The van der Waals surface area contributed by atoms with Crippen molar-refractivity contribution in [3.8, 4) is 5.75 Å². The summed E-state index contributed by atoms with van der Waals surface area (Å²) in [5.74, 6) is 1.37. The van der Waals surface area contributed by atoms with Gasteiger partial charge in [-0.2, -0.15) is 0 Å².